The molecular weight excluding hydrogens is 254 g/mol. The van der Waals surface area contributed by atoms with E-state index < -0.39 is 0 Å². The Balaban J connectivity index is 2.59. The summed E-state index contributed by atoms with van der Waals surface area (Å²) in [4.78, 5) is 11.9. The Labute approximate surface area is 122 Å². The molecule has 0 aliphatic heterocycles. The lowest BCUT2D eigenvalue weighted by Gasteiger charge is -2.36. The third-order valence-electron chi connectivity index (χ3n) is 4.35. The van der Waals surface area contributed by atoms with Gasteiger partial charge in [-0.05, 0) is 31.1 Å². The summed E-state index contributed by atoms with van der Waals surface area (Å²) in [5, 5.41) is 12.4. The summed E-state index contributed by atoms with van der Waals surface area (Å²) in [6, 6.07) is 0. The van der Waals surface area contributed by atoms with Gasteiger partial charge in [0.2, 0.25) is 5.91 Å². The van der Waals surface area contributed by atoms with Gasteiger partial charge in [-0.2, -0.15) is 0 Å². The van der Waals surface area contributed by atoms with Crippen LogP contribution < -0.4 is 5.32 Å². The van der Waals surface area contributed by atoms with Gasteiger partial charge in [0.15, 0.2) is 0 Å². The molecule has 20 heavy (non-hydrogen) atoms. The van der Waals surface area contributed by atoms with Crippen molar-refractivity contribution in [3.63, 3.8) is 0 Å². The molecule has 0 saturated carbocycles. The number of rotatable bonds is 7. The molecule has 1 rings (SSSR count). The number of methoxy groups -OCH3 is 1. The molecule has 4 heteroatoms. The molecule has 0 saturated heterocycles. The van der Waals surface area contributed by atoms with Crippen molar-refractivity contribution in [3.8, 4) is 0 Å². The molecule has 116 valence electrons. The first-order chi connectivity index (χ1) is 9.49. The van der Waals surface area contributed by atoms with E-state index in [0.29, 0.717) is 37.3 Å². The predicted octanol–water partition coefficient (Wildman–Crippen LogP) is 1.99. The number of nitrogens with one attached hydrogen (secondary N) is 1. The van der Waals surface area contributed by atoms with Crippen molar-refractivity contribution in [1.29, 1.82) is 0 Å². The van der Waals surface area contributed by atoms with Gasteiger partial charge in [0, 0.05) is 32.6 Å². The molecule has 4 nitrogen and oxygen atoms in total. The molecule has 3 atom stereocenters. The molecule has 1 aliphatic carbocycles. The van der Waals surface area contributed by atoms with Crippen LogP contribution in [0.15, 0.2) is 11.6 Å². The number of ether oxygens (including phenoxy) is 1. The second-order valence-corrected chi connectivity index (χ2v) is 6.14. The molecule has 0 aromatic rings. The van der Waals surface area contributed by atoms with Gasteiger partial charge >= 0.3 is 0 Å². The molecule has 1 aliphatic rings. The predicted molar refractivity (Wildman–Crippen MR) is 80.3 cm³/mol. The first kappa shape index (κ1) is 17.2. The zero-order chi connectivity index (χ0) is 15.1. The highest BCUT2D eigenvalue weighted by atomic mass is 16.5. The maximum absolute atomic E-state index is 11.9. The number of aliphatic hydroxyl groups is 1. The average molecular weight is 283 g/mol. The SMILES string of the molecule is COCCNC(=O)CC1CC(C(C)C)C(CO)C=C1C. The van der Waals surface area contributed by atoms with Gasteiger partial charge < -0.3 is 15.2 Å². The van der Waals surface area contributed by atoms with Crippen LogP contribution in [0.1, 0.15) is 33.6 Å². The van der Waals surface area contributed by atoms with Crippen LogP contribution in [0.2, 0.25) is 0 Å². The third kappa shape index (κ3) is 4.91. The maximum Gasteiger partial charge on any atom is 0.220 e. The Kier molecular flexibility index (Phi) is 7.24. The van der Waals surface area contributed by atoms with E-state index in [1.807, 2.05) is 0 Å². The van der Waals surface area contributed by atoms with Gasteiger partial charge in [-0.25, -0.2) is 0 Å². The lowest BCUT2D eigenvalue weighted by Crippen LogP contribution is -2.33. The van der Waals surface area contributed by atoms with Crippen LogP contribution in [0.3, 0.4) is 0 Å². The molecule has 3 unspecified atom stereocenters. The van der Waals surface area contributed by atoms with E-state index in [-0.39, 0.29) is 18.4 Å². The van der Waals surface area contributed by atoms with E-state index in [2.05, 4.69) is 32.2 Å². The van der Waals surface area contributed by atoms with Crippen LogP contribution >= 0.6 is 0 Å². The first-order valence-corrected chi connectivity index (χ1v) is 7.54. The Morgan fingerprint density at radius 1 is 1.55 bits per heavy atom. The number of hydrogen-bond donors (Lipinski definition) is 2. The number of hydrogen-bond acceptors (Lipinski definition) is 3. The fraction of sp³-hybridized carbons (Fsp3) is 0.812. The summed E-state index contributed by atoms with van der Waals surface area (Å²) in [6.45, 7) is 7.78. The lowest BCUT2D eigenvalue weighted by molar-refractivity contribution is -0.122. The van der Waals surface area contributed by atoms with E-state index in [9.17, 15) is 9.90 Å². The Bertz CT molecular complexity index is 339. The number of aliphatic hydroxyl groups excluding tert-OH is 1. The van der Waals surface area contributed by atoms with E-state index in [1.165, 1.54) is 5.57 Å². The van der Waals surface area contributed by atoms with E-state index in [4.69, 9.17) is 4.74 Å². The standard InChI is InChI=1S/C16H29NO3/c1-11(2)15-8-13(12(3)7-14(15)10-18)9-16(19)17-5-6-20-4/h7,11,13-15,18H,5-6,8-10H2,1-4H3,(H,17,19). The van der Waals surface area contributed by atoms with E-state index in [1.54, 1.807) is 7.11 Å². The Morgan fingerprint density at radius 3 is 2.80 bits per heavy atom. The van der Waals surface area contributed by atoms with E-state index in [0.717, 1.165) is 6.42 Å². The molecule has 0 heterocycles. The molecule has 1 amide bonds. The second-order valence-electron chi connectivity index (χ2n) is 6.14. The Morgan fingerprint density at radius 2 is 2.25 bits per heavy atom. The summed E-state index contributed by atoms with van der Waals surface area (Å²) >= 11 is 0. The number of allylic oxidation sites excluding steroid dienone is 1. The van der Waals surface area contributed by atoms with Crippen molar-refractivity contribution in [3.05, 3.63) is 11.6 Å². The quantitative estimate of drug-likeness (QED) is 0.555. The summed E-state index contributed by atoms with van der Waals surface area (Å²) in [6.07, 6.45) is 3.69. The number of carbonyl (C=O) groups is 1. The Hall–Kier alpha value is -0.870. The zero-order valence-electron chi connectivity index (χ0n) is 13.2. The van der Waals surface area contributed by atoms with Crippen LogP contribution in [0.25, 0.3) is 0 Å². The highest BCUT2D eigenvalue weighted by Gasteiger charge is 2.31. The van der Waals surface area contributed by atoms with Crippen molar-refractivity contribution in [2.75, 3.05) is 26.9 Å². The molecule has 0 spiro atoms. The summed E-state index contributed by atoms with van der Waals surface area (Å²) in [7, 11) is 1.63. The minimum absolute atomic E-state index is 0.0877. The third-order valence-corrected chi connectivity index (χ3v) is 4.35. The van der Waals surface area contributed by atoms with Crippen molar-refractivity contribution in [2.45, 2.75) is 33.6 Å². The molecule has 0 aromatic carbocycles. The summed E-state index contributed by atoms with van der Waals surface area (Å²) in [5.41, 5.74) is 1.24. The van der Waals surface area contributed by atoms with Crippen molar-refractivity contribution in [2.24, 2.45) is 23.7 Å². The number of carbonyl (C=O) groups excluding carboxylic acids is 1. The largest absolute Gasteiger partial charge is 0.396 e. The lowest BCUT2D eigenvalue weighted by atomic mass is 9.70. The summed E-state index contributed by atoms with van der Waals surface area (Å²) < 4.78 is 4.93. The fourth-order valence-electron chi connectivity index (χ4n) is 3.07. The maximum atomic E-state index is 11.9. The van der Waals surface area contributed by atoms with Gasteiger partial charge in [-0.15, -0.1) is 0 Å². The fourth-order valence-corrected chi connectivity index (χ4v) is 3.07. The molecule has 0 bridgehead atoms. The van der Waals surface area contributed by atoms with Crippen molar-refractivity contribution in [1.82, 2.24) is 5.32 Å². The molecular formula is C16H29NO3. The average Bonchev–Trinajstić information content (AvgIpc) is 2.40. The van der Waals surface area contributed by atoms with Gasteiger partial charge in [0.05, 0.1) is 6.61 Å². The van der Waals surface area contributed by atoms with Crippen LogP contribution in [0.4, 0.5) is 0 Å². The minimum atomic E-state index is 0.0877. The van der Waals surface area contributed by atoms with Gasteiger partial charge in [0.1, 0.15) is 0 Å². The normalized spacial score (nSPS) is 26.5. The molecule has 2 N–H and O–H groups in total. The smallest absolute Gasteiger partial charge is 0.220 e. The first-order valence-electron chi connectivity index (χ1n) is 7.54. The van der Waals surface area contributed by atoms with Gasteiger partial charge in [-0.3, -0.25) is 4.79 Å². The second kappa shape index (κ2) is 8.42. The van der Waals surface area contributed by atoms with Crippen LogP contribution in [-0.2, 0) is 9.53 Å². The van der Waals surface area contributed by atoms with Gasteiger partial charge in [-0.1, -0.05) is 25.5 Å². The molecule has 0 radical (unpaired) electrons. The zero-order valence-corrected chi connectivity index (χ0v) is 13.2. The highest BCUT2D eigenvalue weighted by Crippen LogP contribution is 2.38. The van der Waals surface area contributed by atoms with Gasteiger partial charge in [0.25, 0.3) is 0 Å². The molecule has 0 aromatic heterocycles. The summed E-state index contributed by atoms with van der Waals surface area (Å²) in [5.74, 6) is 1.61. The topological polar surface area (TPSA) is 58.6 Å². The highest BCUT2D eigenvalue weighted by molar-refractivity contribution is 5.76. The minimum Gasteiger partial charge on any atom is -0.396 e. The van der Waals surface area contributed by atoms with Crippen LogP contribution in [-0.4, -0.2) is 37.9 Å². The van der Waals surface area contributed by atoms with Crippen LogP contribution in [0.5, 0.6) is 0 Å². The monoisotopic (exact) mass is 283 g/mol. The molecule has 0 fully saturated rings. The number of amides is 1. The van der Waals surface area contributed by atoms with E-state index >= 15 is 0 Å². The van der Waals surface area contributed by atoms with Crippen molar-refractivity contribution >= 4 is 5.91 Å². The van der Waals surface area contributed by atoms with Crippen LogP contribution in [0, 0.1) is 23.7 Å². The van der Waals surface area contributed by atoms with Crippen molar-refractivity contribution < 1.29 is 14.6 Å².